The topological polar surface area (TPSA) is 26.3 Å². The molecule has 0 aromatic heterocycles. The normalized spacial score (nSPS) is 14.1. The summed E-state index contributed by atoms with van der Waals surface area (Å²) in [6.07, 6.45) is 0.783. The molecule has 0 bridgehead atoms. The number of benzene rings is 3. The molecule has 27 heavy (non-hydrogen) atoms. The molecule has 2 nitrogen and oxygen atoms in total. The highest BCUT2D eigenvalue weighted by Crippen LogP contribution is 2.48. The van der Waals surface area contributed by atoms with Crippen LogP contribution in [0.5, 0.6) is 5.75 Å². The summed E-state index contributed by atoms with van der Waals surface area (Å²) < 4.78 is 5.51. The van der Waals surface area contributed by atoms with Gasteiger partial charge >= 0.3 is 5.97 Å². The third-order valence-electron chi connectivity index (χ3n) is 4.65. The molecule has 0 N–H and O–H groups in total. The van der Waals surface area contributed by atoms with E-state index in [9.17, 15) is 4.79 Å². The average Bonchev–Trinajstić information content (AvgIpc) is 2.72. The van der Waals surface area contributed by atoms with Crippen LogP contribution in [-0.2, 0) is 15.7 Å². The SMILES string of the molecule is CCC(C)C(=O)Oc1ccc([S+]2c3ccccc3Sc3ccccc32)cc1. The van der Waals surface area contributed by atoms with Gasteiger partial charge in [-0.05, 0) is 55.0 Å². The van der Waals surface area contributed by atoms with E-state index in [4.69, 9.17) is 4.74 Å². The summed E-state index contributed by atoms with van der Waals surface area (Å²) >= 11 is 1.84. The Morgan fingerprint density at radius 3 is 2.04 bits per heavy atom. The van der Waals surface area contributed by atoms with Crippen LogP contribution in [0.25, 0.3) is 0 Å². The Hall–Kier alpha value is -2.17. The Kier molecular flexibility index (Phi) is 5.28. The van der Waals surface area contributed by atoms with Gasteiger partial charge in [-0.25, -0.2) is 0 Å². The van der Waals surface area contributed by atoms with Gasteiger partial charge in [0.05, 0.1) is 15.7 Å². The summed E-state index contributed by atoms with van der Waals surface area (Å²) in [5, 5.41) is 0. The molecule has 1 heterocycles. The molecule has 0 fully saturated rings. The van der Waals surface area contributed by atoms with Crippen LogP contribution < -0.4 is 4.74 Å². The Bertz CT molecular complexity index is 921. The largest absolute Gasteiger partial charge is 0.426 e. The van der Waals surface area contributed by atoms with Crippen molar-refractivity contribution >= 4 is 28.6 Å². The third kappa shape index (κ3) is 3.64. The van der Waals surface area contributed by atoms with Crippen LogP contribution in [0, 0.1) is 5.92 Å². The Labute approximate surface area is 167 Å². The van der Waals surface area contributed by atoms with Gasteiger partial charge in [0.25, 0.3) is 0 Å². The van der Waals surface area contributed by atoms with Crippen molar-refractivity contribution in [3.05, 3.63) is 72.8 Å². The van der Waals surface area contributed by atoms with Crippen LogP contribution >= 0.6 is 11.8 Å². The molecule has 4 heteroatoms. The van der Waals surface area contributed by atoms with Gasteiger partial charge in [0.2, 0.25) is 0 Å². The van der Waals surface area contributed by atoms with Crippen LogP contribution in [0.15, 0.2) is 97.3 Å². The van der Waals surface area contributed by atoms with Gasteiger partial charge in [-0.15, -0.1) is 0 Å². The van der Waals surface area contributed by atoms with Crippen LogP contribution in [0.3, 0.4) is 0 Å². The number of hydrogen-bond donors (Lipinski definition) is 0. The molecule has 0 aliphatic carbocycles. The summed E-state index contributed by atoms with van der Waals surface area (Å²) in [6, 6.07) is 25.2. The number of carbonyl (C=O) groups excluding carboxylic acids is 1. The van der Waals surface area contributed by atoms with Crippen molar-refractivity contribution in [2.45, 2.75) is 44.7 Å². The predicted molar refractivity (Wildman–Crippen MR) is 111 cm³/mol. The second-order valence-electron chi connectivity index (χ2n) is 6.50. The van der Waals surface area contributed by atoms with Crippen molar-refractivity contribution < 1.29 is 9.53 Å². The van der Waals surface area contributed by atoms with Crippen molar-refractivity contribution in [1.29, 1.82) is 0 Å². The lowest BCUT2D eigenvalue weighted by Crippen LogP contribution is -2.17. The first-order valence-electron chi connectivity index (χ1n) is 9.09. The maximum Gasteiger partial charge on any atom is 0.314 e. The quantitative estimate of drug-likeness (QED) is 0.235. The minimum absolute atomic E-state index is 0.0827. The minimum atomic E-state index is -0.169. The predicted octanol–water partition coefficient (Wildman–Crippen LogP) is 6.20. The summed E-state index contributed by atoms with van der Waals surface area (Å²) in [5.74, 6) is 0.360. The fourth-order valence-electron chi connectivity index (χ4n) is 2.92. The number of hydrogen-bond acceptors (Lipinski definition) is 3. The molecule has 4 rings (SSSR count). The van der Waals surface area contributed by atoms with Gasteiger partial charge in [-0.3, -0.25) is 4.79 Å². The monoisotopic (exact) mass is 393 g/mol. The number of rotatable bonds is 4. The Morgan fingerprint density at radius 2 is 1.48 bits per heavy atom. The molecule has 1 unspecified atom stereocenters. The first kappa shape index (κ1) is 18.2. The zero-order valence-electron chi connectivity index (χ0n) is 15.3. The third-order valence-corrected chi connectivity index (χ3v) is 8.40. The summed E-state index contributed by atoms with van der Waals surface area (Å²) in [5.41, 5.74) is 0. The fraction of sp³-hybridized carbons (Fsp3) is 0.174. The van der Waals surface area contributed by atoms with E-state index in [2.05, 4.69) is 60.7 Å². The van der Waals surface area contributed by atoms with E-state index in [-0.39, 0.29) is 22.8 Å². The highest BCUT2D eigenvalue weighted by atomic mass is 32.2. The molecular formula is C23H21O2S2+. The second kappa shape index (κ2) is 7.83. The van der Waals surface area contributed by atoms with Crippen molar-refractivity contribution in [3.63, 3.8) is 0 Å². The van der Waals surface area contributed by atoms with Gasteiger partial charge in [0.15, 0.2) is 14.7 Å². The first-order chi connectivity index (χ1) is 13.2. The van der Waals surface area contributed by atoms with Crippen molar-refractivity contribution in [2.24, 2.45) is 5.92 Å². The zero-order valence-corrected chi connectivity index (χ0v) is 17.0. The molecule has 1 atom stereocenters. The van der Waals surface area contributed by atoms with Gasteiger partial charge in [-0.1, -0.05) is 49.9 Å². The molecule has 0 saturated heterocycles. The summed E-state index contributed by atoms with van der Waals surface area (Å²) in [7, 11) is -0.151. The fourth-order valence-corrected chi connectivity index (χ4v) is 6.66. The van der Waals surface area contributed by atoms with E-state index in [0.717, 1.165) is 6.42 Å². The molecule has 3 aromatic rings. The second-order valence-corrected chi connectivity index (χ2v) is 9.55. The van der Waals surface area contributed by atoms with E-state index in [1.165, 1.54) is 24.5 Å². The molecule has 0 radical (unpaired) electrons. The maximum absolute atomic E-state index is 12.0. The molecule has 1 aliphatic rings. The summed E-state index contributed by atoms with van der Waals surface area (Å²) in [4.78, 5) is 18.6. The van der Waals surface area contributed by atoms with Gasteiger partial charge in [-0.2, -0.15) is 0 Å². The van der Waals surface area contributed by atoms with Crippen molar-refractivity contribution in [2.75, 3.05) is 0 Å². The van der Waals surface area contributed by atoms with E-state index < -0.39 is 0 Å². The summed E-state index contributed by atoms with van der Waals surface area (Å²) in [6.45, 7) is 3.89. The van der Waals surface area contributed by atoms with E-state index in [1.807, 2.05) is 37.7 Å². The van der Waals surface area contributed by atoms with Crippen molar-refractivity contribution in [1.82, 2.24) is 0 Å². The first-order valence-corrected chi connectivity index (χ1v) is 11.1. The lowest BCUT2D eigenvalue weighted by Gasteiger charge is -2.18. The lowest BCUT2D eigenvalue weighted by molar-refractivity contribution is -0.138. The standard InChI is InChI=1S/C23H21O2S2/c1-3-16(2)23(24)25-17-12-14-18(15-13-17)27-21-10-6-4-8-19(21)26-20-9-5-7-11-22(20)27/h4-16H,3H2,1-2H3/q+1. The van der Waals surface area contributed by atoms with Gasteiger partial charge in [0, 0.05) is 0 Å². The lowest BCUT2D eigenvalue weighted by atomic mass is 10.1. The minimum Gasteiger partial charge on any atom is -0.426 e. The van der Waals surface area contributed by atoms with E-state index >= 15 is 0 Å². The molecule has 0 amide bonds. The van der Waals surface area contributed by atoms with Crippen LogP contribution in [-0.4, -0.2) is 5.97 Å². The Morgan fingerprint density at radius 1 is 0.926 bits per heavy atom. The van der Waals surface area contributed by atoms with Crippen LogP contribution in [0.2, 0.25) is 0 Å². The van der Waals surface area contributed by atoms with Crippen LogP contribution in [0.4, 0.5) is 0 Å². The van der Waals surface area contributed by atoms with Gasteiger partial charge < -0.3 is 4.74 Å². The number of carbonyl (C=O) groups is 1. The number of fused-ring (bicyclic) bond motifs is 2. The Balaban J connectivity index is 1.68. The highest BCUT2D eigenvalue weighted by Gasteiger charge is 2.37. The van der Waals surface area contributed by atoms with E-state index in [0.29, 0.717) is 5.75 Å². The zero-order chi connectivity index (χ0) is 18.8. The molecular weight excluding hydrogens is 372 g/mol. The number of esters is 1. The smallest absolute Gasteiger partial charge is 0.314 e. The van der Waals surface area contributed by atoms with Crippen LogP contribution in [0.1, 0.15) is 20.3 Å². The highest BCUT2D eigenvalue weighted by molar-refractivity contribution is 8.04. The maximum atomic E-state index is 12.0. The van der Waals surface area contributed by atoms with Gasteiger partial charge in [0.1, 0.15) is 16.6 Å². The molecule has 3 aromatic carbocycles. The molecule has 0 spiro atoms. The van der Waals surface area contributed by atoms with E-state index in [1.54, 1.807) is 0 Å². The molecule has 0 saturated carbocycles. The molecule has 1 aliphatic heterocycles. The average molecular weight is 394 g/mol. The van der Waals surface area contributed by atoms with Crippen molar-refractivity contribution in [3.8, 4) is 5.75 Å². The molecule has 136 valence electrons. The number of ether oxygens (including phenoxy) is 1.